The van der Waals surface area contributed by atoms with Gasteiger partial charge in [-0.15, -0.1) is 0 Å². The number of hydrogen-bond acceptors (Lipinski definition) is 3. The van der Waals surface area contributed by atoms with E-state index in [2.05, 4.69) is 5.32 Å². The van der Waals surface area contributed by atoms with E-state index >= 15 is 0 Å². The largest absolute Gasteiger partial charge is 0.457 e. The highest BCUT2D eigenvalue weighted by molar-refractivity contribution is 5.95. The van der Waals surface area contributed by atoms with Gasteiger partial charge in [0.05, 0.1) is 0 Å². The van der Waals surface area contributed by atoms with Crippen LogP contribution in [0.3, 0.4) is 0 Å². The van der Waals surface area contributed by atoms with Gasteiger partial charge < -0.3 is 15.0 Å². The van der Waals surface area contributed by atoms with Crippen LogP contribution in [0.2, 0.25) is 0 Å². The number of nitrogens with zero attached hydrogens (tertiary/aromatic N) is 1. The summed E-state index contributed by atoms with van der Waals surface area (Å²) in [6, 6.07) is 17.1. The third kappa shape index (κ3) is 3.02. The van der Waals surface area contributed by atoms with Crippen LogP contribution in [0.25, 0.3) is 0 Å². The van der Waals surface area contributed by atoms with Crippen LogP contribution in [0.15, 0.2) is 54.6 Å². The van der Waals surface area contributed by atoms with Crippen LogP contribution in [0.4, 0.5) is 0 Å². The summed E-state index contributed by atoms with van der Waals surface area (Å²) < 4.78 is 5.77. The van der Waals surface area contributed by atoms with Gasteiger partial charge in [-0.25, -0.2) is 0 Å². The summed E-state index contributed by atoms with van der Waals surface area (Å²) in [5.41, 5.74) is 1.11. The lowest BCUT2D eigenvalue weighted by Gasteiger charge is -2.52. The Kier molecular flexibility index (Phi) is 3.98. The number of piperidine rings is 1. The fraction of sp³-hybridized carbons (Fsp3) is 0.350. The molecule has 0 radical (unpaired) electrons. The monoisotopic (exact) mass is 322 g/mol. The molecule has 0 atom stereocenters. The van der Waals surface area contributed by atoms with Crippen LogP contribution in [0.1, 0.15) is 23.2 Å². The molecule has 1 amide bonds. The number of carbonyl (C=O) groups is 1. The van der Waals surface area contributed by atoms with Crippen molar-refractivity contribution in [2.75, 3.05) is 26.2 Å². The lowest BCUT2D eigenvalue weighted by atomic mass is 9.72. The lowest BCUT2D eigenvalue weighted by Crippen LogP contribution is -2.61. The first kappa shape index (κ1) is 15.2. The molecule has 2 saturated heterocycles. The van der Waals surface area contributed by atoms with Crippen molar-refractivity contribution in [3.8, 4) is 11.5 Å². The minimum atomic E-state index is 0.130. The fourth-order valence-electron chi connectivity index (χ4n) is 3.65. The van der Waals surface area contributed by atoms with Gasteiger partial charge >= 0.3 is 0 Å². The van der Waals surface area contributed by atoms with Crippen LogP contribution in [-0.2, 0) is 0 Å². The summed E-state index contributed by atoms with van der Waals surface area (Å²) in [6.45, 7) is 3.95. The Morgan fingerprint density at radius 2 is 1.54 bits per heavy atom. The first-order valence-electron chi connectivity index (χ1n) is 8.57. The Balaban J connectivity index is 1.37. The van der Waals surface area contributed by atoms with Crippen molar-refractivity contribution in [1.82, 2.24) is 10.2 Å². The first-order valence-corrected chi connectivity index (χ1v) is 8.57. The number of rotatable bonds is 3. The highest BCUT2D eigenvalue weighted by Crippen LogP contribution is 2.39. The van der Waals surface area contributed by atoms with Gasteiger partial charge in [0, 0.05) is 24.1 Å². The fourth-order valence-corrected chi connectivity index (χ4v) is 3.65. The van der Waals surface area contributed by atoms with Crippen LogP contribution in [0, 0.1) is 5.41 Å². The quantitative estimate of drug-likeness (QED) is 0.943. The molecule has 4 nitrogen and oxygen atoms in total. The molecule has 2 aliphatic heterocycles. The molecule has 0 aliphatic carbocycles. The topological polar surface area (TPSA) is 41.6 Å². The molecule has 2 aromatic rings. The van der Waals surface area contributed by atoms with Gasteiger partial charge in [-0.2, -0.15) is 0 Å². The van der Waals surface area contributed by atoms with E-state index in [-0.39, 0.29) is 5.91 Å². The maximum Gasteiger partial charge on any atom is 0.253 e. The summed E-state index contributed by atoms with van der Waals surface area (Å²) in [7, 11) is 0. The standard InChI is InChI=1S/C20H22N2O2/c23-19(22-14-20(15-22)10-12-21-13-11-20)16-6-8-18(9-7-16)24-17-4-2-1-3-5-17/h1-9,21H,10-15H2. The van der Waals surface area contributed by atoms with Crippen molar-refractivity contribution in [2.45, 2.75) is 12.8 Å². The van der Waals surface area contributed by atoms with Crippen LogP contribution in [-0.4, -0.2) is 37.0 Å². The summed E-state index contributed by atoms with van der Waals surface area (Å²) >= 11 is 0. The van der Waals surface area contributed by atoms with Crippen LogP contribution in [0.5, 0.6) is 11.5 Å². The van der Waals surface area contributed by atoms with Crippen molar-refractivity contribution in [2.24, 2.45) is 5.41 Å². The van der Waals surface area contributed by atoms with E-state index in [0.717, 1.165) is 43.2 Å². The van der Waals surface area contributed by atoms with Gasteiger partial charge in [-0.3, -0.25) is 4.79 Å². The van der Waals surface area contributed by atoms with Crippen molar-refractivity contribution < 1.29 is 9.53 Å². The molecule has 2 heterocycles. The van der Waals surface area contributed by atoms with Crippen LogP contribution >= 0.6 is 0 Å². The molecule has 4 heteroatoms. The van der Waals surface area contributed by atoms with Crippen molar-refractivity contribution in [3.63, 3.8) is 0 Å². The van der Waals surface area contributed by atoms with E-state index in [9.17, 15) is 4.79 Å². The van der Waals surface area contributed by atoms with E-state index in [1.54, 1.807) is 0 Å². The first-order chi connectivity index (χ1) is 11.7. The molecule has 1 spiro atoms. The van der Waals surface area contributed by atoms with E-state index < -0.39 is 0 Å². The normalized spacial score (nSPS) is 18.9. The molecule has 0 unspecified atom stereocenters. The third-order valence-corrected chi connectivity index (χ3v) is 5.08. The third-order valence-electron chi connectivity index (χ3n) is 5.08. The molecular weight excluding hydrogens is 300 g/mol. The van der Waals surface area contributed by atoms with E-state index in [1.165, 1.54) is 12.8 Å². The molecule has 1 N–H and O–H groups in total. The molecular formula is C20H22N2O2. The summed E-state index contributed by atoms with van der Waals surface area (Å²) in [6.07, 6.45) is 2.36. The second kappa shape index (κ2) is 6.29. The predicted octanol–water partition coefficient (Wildman–Crippen LogP) is 3.30. The Bertz CT molecular complexity index is 698. The van der Waals surface area contributed by atoms with Crippen molar-refractivity contribution >= 4 is 5.91 Å². The predicted molar refractivity (Wildman–Crippen MR) is 93.4 cm³/mol. The van der Waals surface area contributed by atoms with E-state index in [0.29, 0.717) is 5.41 Å². The molecule has 0 saturated carbocycles. The molecule has 0 bridgehead atoms. The molecule has 4 rings (SSSR count). The number of carbonyl (C=O) groups excluding carboxylic acids is 1. The summed E-state index contributed by atoms with van der Waals surface area (Å²) in [5.74, 6) is 1.67. The zero-order valence-electron chi connectivity index (χ0n) is 13.7. The summed E-state index contributed by atoms with van der Waals surface area (Å²) in [5, 5.41) is 3.39. The molecule has 0 aromatic heterocycles. The number of para-hydroxylation sites is 1. The number of likely N-dealkylation sites (tertiary alicyclic amines) is 1. The maximum absolute atomic E-state index is 12.6. The Labute approximate surface area is 142 Å². The minimum absolute atomic E-state index is 0.130. The Morgan fingerprint density at radius 1 is 0.917 bits per heavy atom. The zero-order valence-corrected chi connectivity index (χ0v) is 13.7. The van der Waals surface area contributed by atoms with Gasteiger partial charge in [-0.05, 0) is 62.3 Å². The van der Waals surface area contributed by atoms with Gasteiger partial charge in [0.25, 0.3) is 5.91 Å². The van der Waals surface area contributed by atoms with Gasteiger partial charge in [0.2, 0.25) is 0 Å². The zero-order chi connectivity index (χ0) is 16.4. The number of ether oxygens (including phenoxy) is 1. The second-order valence-corrected chi connectivity index (χ2v) is 6.85. The highest BCUT2D eigenvalue weighted by Gasteiger charge is 2.45. The summed E-state index contributed by atoms with van der Waals surface area (Å²) in [4.78, 5) is 14.6. The molecule has 124 valence electrons. The SMILES string of the molecule is O=C(c1ccc(Oc2ccccc2)cc1)N1CC2(CCNCC2)C1. The molecule has 2 aliphatic rings. The van der Waals surface area contributed by atoms with Gasteiger partial charge in [-0.1, -0.05) is 18.2 Å². The van der Waals surface area contributed by atoms with Gasteiger partial charge in [0.15, 0.2) is 0 Å². The number of hydrogen-bond donors (Lipinski definition) is 1. The highest BCUT2D eigenvalue weighted by atomic mass is 16.5. The Hall–Kier alpha value is -2.33. The average Bonchev–Trinajstić information content (AvgIpc) is 2.61. The van der Waals surface area contributed by atoms with Crippen LogP contribution < -0.4 is 10.1 Å². The van der Waals surface area contributed by atoms with Gasteiger partial charge in [0.1, 0.15) is 11.5 Å². The second-order valence-electron chi connectivity index (χ2n) is 6.85. The lowest BCUT2D eigenvalue weighted by molar-refractivity contribution is -0.0113. The smallest absolute Gasteiger partial charge is 0.253 e. The number of nitrogens with one attached hydrogen (secondary N) is 1. The maximum atomic E-state index is 12.6. The molecule has 24 heavy (non-hydrogen) atoms. The van der Waals surface area contributed by atoms with Crippen molar-refractivity contribution in [1.29, 1.82) is 0 Å². The Morgan fingerprint density at radius 3 is 2.21 bits per heavy atom. The minimum Gasteiger partial charge on any atom is -0.457 e. The number of amides is 1. The average molecular weight is 322 g/mol. The number of benzene rings is 2. The molecule has 2 fully saturated rings. The van der Waals surface area contributed by atoms with E-state index in [1.807, 2.05) is 59.5 Å². The van der Waals surface area contributed by atoms with Crippen molar-refractivity contribution in [3.05, 3.63) is 60.2 Å². The molecule has 2 aromatic carbocycles. The van der Waals surface area contributed by atoms with E-state index in [4.69, 9.17) is 4.74 Å².